The van der Waals surface area contributed by atoms with Gasteiger partial charge in [-0.25, -0.2) is 0 Å². The molecule has 1 fully saturated rings. The topological polar surface area (TPSA) is 68.8 Å². The Morgan fingerprint density at radius 1 is 1.11 bits per heavy atom. The van der Waals surface area contributed by atoms with E-state index in [-0.39, 0.29) is 18.6 Å². The van der Waals surface area contributed by atoms with Crippen molar-refractivity contribution in [2.75, 3.05) is 37.0 Å². The Morgan fingerprint density at radius 3 is 2.61 bits per heavy atom. The average molecular weight is 384 g/mol. The first-order valence-electron chi connectivity index (χ1n) is 9.84. The summed E-state index contributed by atoms with van der Waals surface area (Å²) in [5.74, 6) is 1.39. The van der Waals surface area contributed by atoms with Gasteiger partial charge in [0.05, 0.1) is 19.3 Å². The fraction of sp³-hybridized carbons (Fsp3) is 0.409. The van der Waals surface area contributed by atoms with Crippen LogP contribution in [0.1, 0.15) is 26.2 Å². The molecule has 1 heterocycles. The normalized spacial score (nSPS) is 15.8. The number of hydrogen-bond acceptors (Lipinski definition) is 5. The second-order valence-corrected chi connectivity index (χ2v) is 6.75. The second kappa shape index (κ2) is 10.6. The van der Waals surface area contributed by atoms with Gasteiger partial charge in [-0.3, -0.25) is 4.79 Å². The fourth-order valence-corrected chi connectivity index (χ4v) is 2.93. The molecule has 0 saturated carbocycles. The summed E-state index contributed by atoms with van der Waals surface area (Å²) >= 11 is 0. The number of ether oxygens (including phenoxy) is 3. The molecule has 0 aromatic heterocycles. The molecule has 1 amide bonds. The van der Waals surface area contributed by atoms with Crippen LogP contribution in [-0.4, -0.2) is 38.4 Å². The van der Waals surface area contributed by atoms with Crippen LogP contribution in [0.3, 0.4) is 0 Å². The van der Waals surface area contributed by atoms with Crippen molar-refractivity contribution in [3.63, 3.8) is 0 Å². The molecular formula is C22H28N2O4. The summed E-state index contributed by atoms with van der Waals surface area (Å²) in [5, 5.41) is 6.00. The number of amides is 1. The van der Waals surface area contributed by atoms with Gasteiger partial charge in [0.15, 0.2) is 0 Å². The summed E-state index contributed by atoms with van der Waals surface area (Å²) in [7, 11) is 0. The van der Waals surface area contributed by atoms with Crippen LogP contribution < -0.4 is 20.1 Å². The monoisotopic (exact) mass is 384 g/mol. The third-order valence-corrected chi connectivity index (χ3v) is 4.34. The molecule has 1 unspecified atom stereocenters. The average Bonchev–Trinajstić information content (AvgIpc) is 3.23. The van der Waals surface area contributed by atoms with E-state index in [1.807, 2.05) is 48.5 Å². The Bertz CT molecular complexity index is 760. The maximum absolute atomic E-state index is 12.3. The van der Waals surface area contributed by atoms with Gasteiger partial charge in [0.25, 0.3) is 0 Å². The van der Waals surface area contributed by atoms with Crippen LogP contribution in [-0.2, 0) is 9.53 Å². The Morgan fingerprint density at radius 2 is 1.86 bits per heavy atom. The lowest BCUT2D eigenvalue weighted by Gasteiger charge is -2.13. The minimum absolute atomic E-state index is 0.129. The molecular weight excluding hydrogens is 356 g/mol. The highest BCUT2D eigenvalue weighted by atomic mass is 16.5. The highest BCUT2D eigenvalue weighted by Crippen LogP contribution is 2.20. The number of anilines is 2. The van der Waals surface area contributed by atoms with Gasteiger partial charge < -0.3 is 24.8 Å². The van der Waals surface area contributed by atoms with E-state index in [1.165, 1.54) is 0 Å². The molecule has 0 radical (unpaired) electrons. The second-order valence-electron chi connectivity index (χ2n) is 6.75. The number of nitrogens with one attached hydrogen (secondary N) is 2. The molecule has 28 heavy (non-hydrogen) atoms. The van der Waals surface area contributed by atoms with Gasteiger partial charge in [0, 0.05) is 30.1 Å². The summed E-state index contributed by atoms with van der Waals surface area (Å²) < 4.78 is 17.0. The van der Waals surface area contributed by atoms with Crippen molar-refractivity contribution in [2.45, 2.75) is 32.3 Å². The first-order valence-corrected chi connectivity index (χ1v) is 9.84. The van der Waals surface area contributed by atoms with Crippen LogP contribution in [0.4, 0.5) is 11.4 Å². The quantitative estimate of drug-likeness (QED) is 0.646. The third kappa shape index (κ3) is 6.46. The molecule has 0 spiro atoms. The fourth-order valence-electron chi connectivity index (χ4n) is 2.93. The molecule has 3 rings (SSSR count). The number of carbonyl (C=O) groups excluding carboxylic acids is 1. The molecule has 1 saturated heterocycles. The van der Waals surface area contributed by atoms with Gasteiger partial charge >= 0.3 is 0 Å². The van der Waals surface area contributed by atoms with Gasteiger partial charge in [-0.2, -0.15) is 0 Å². The molecule has 1 aliphatic rings. The van der Waals surface area contributed by atoms with Crippen molar-refractivity contribution in [1.29, 1.82) is 0 Å². The minimum atomic E-state index is -0.129. The Labute approximate surface area is 166 Å². The summed E-state index contributed by atoms with van der Waals surface area (Å²) in [4.78, 5) is 12.3. The van der Waals surface area contributed by atoms with E-state index in [2.05, 4.69) is 17.6 Å². The van der Waals surface area contributed by atoms with Gasteiger partial charge in [0.1, 0.15) is 18.1 Å². The number of carbonyl (C=O) groups is 1. The zero-order valence-corrected chi connectivity index (χ0v) is 16.3. The van der Waals surface area contributed by atoms with E-state index in [0.29, 0.717) is 18.9 Å². The van der Waals surface area contributed by atoms with Gasteiger partial charge in [-0.15, -0.1) is 0 Å². The van der Waals surface area contributed by atoms with Crippen molar-refractivity contribution in [3.05, 3.63) is 48.5 Å². The zero-order chi connectivity index (χ0) is 19.6. The Kier molecular flexibility index (Phi) is 7.55. The minimum Gasteiger partial charge on any atom is -0.494 e. The molecule has 1 aliphatic heterocycles. The van der Waals surface area contributed by atoms with Crippen molar-refractivity contribution in [1.82, 2.24) is 0 Å². The summed E-state index contributed by atoms with van der Waals surface area (Å²) in [6.07, 6.45) is 3.24. The van der Waals surface area contributed by atoms with E-state index in [1.54, 1.807) is 0 Å². The van der Waals surface area contributed by atoms with Crippen molar-refractivity contribution < 1.29 is 19.0 Å². The number of hydrogen-bond donors (Lipinski definition) is 2. The molecule has 2 aromatic rings. The molecule has 0 bridgehead atoms. The van der Waals surface area contributed by atoms with Gasteiger partial charge in [0.2, 0.25) is 5.91 Å². The van der Waals surface area contributed by atoms with E-state index in [9.17, 15) is 4.79 Å². The first-order chi connectivity index (χ1) is 13.7. The molecule has 6 heteroatoms. The molecule has 1 atom stereocenters. The van der Waals surface area contributed by atoms with Crippen LogP contribution in [0.2, 0.25) is 0 Å². The Hall–Kier alpha value is -2.73. The van der Waals surface area contributed by atoms with E-state index >= 15 is 0 Å². The smallest absolute Gasteiger partial charge is 0.243 e. The predicted molar refractivity (Wildman–Crippen MR) is 110 cm³/mol. The molecule has 150 valence electrons. The Balaban J connectivity index is 1.46. The third-order valence-electron chi connectivity index (χ3n) is 4.34. The molecule has 0 aliphatic carbocycles. The summed E-state index contributed by atoms with van der Waals surface area (Å²) in [5.41, 5.74) is 1.55. The summed E-state index contributed by atoms with van der Waals surface area (Å²) in [6.45, 7) is 4.25. The van der Waals surface area contributed by atoms with Crippen LogP contribution in [0, 0.1) is 0 Å². The number of benzene rings is 2. The number of rotatable bonds is 10. The highest BCUT2D eigenvalue weighted by molar-refractivity contribution is 5.93. The van der Waals surface area contributed by atoms with Crippen LogP contribution in [0.25, 0.3) is 0 Å². The van der Waals surface area contributed by atoms with Gasteiger partial charge in [-0.05, 0) is 43.5 Å². The van der Waals surface area contributed by atoms with E-state index < -0.39 is 0 Å². The lowest BCUT2D eigenvalue weighted by molar-refractivity contribution is -0.114. The highest BCUT2D eigenvalue weighted by Gasteiger charge is 2.16. The van der Waals surface area contributed by atoms with Crippen molar-refractivity contribution in [3.8, 4) is 11.5 Å². The van der Waals surface area contributed by atoms with Crippen LogP contribution >= 0.6 is 0 Å². The zero-order valence-electron chi connectivity index (χ0n) is 16.3. The SMILES string of the molecule is CCCOc1cccc(NCC(=O)Nc2cccc(OCC3CCCO3)c2)c1. The lowest BCUT2D eigenvalue weighted by atomic mass is 10.2. The predicted octanol–water partition coefficient (Wildman–Crippen LogP) is 4.08. The molecule has 6 nitrogen and oxygen atoms in total. The first kappa shape index (κ1) is 20.0. The molecule has 2 N–H and O–H groups in total. The standard InChI is InChI=1S/C22H28N2O4/c1-2-11-26-19-8-3-6-17(13-19)23-15-22(25)24-18-7-4-9-20(14-18)28-16-21-10-5-12-27-21/h3-4,6-9,13-14,21,23H,2,5,10-12,15-16H2,1H3,(H,24,25). The summed E-state index contributed by atoms with van der Waals surface area (Å²) in [6, 6.07) is 15.0. The molecule has 2 aromatic carbocycles. The van der Waals surface area contributed by atoms with E-state index in [4.69, 9.17) is 14.2 Å². The largest absolute Gasteiger partial charge is 0.494 e. The van der Waals surface area contributed by atoms with E-state index in [0.717, 1.165) is 43.1 Å². The maximum atomic E-state index is 12.3. The van der Waals surface area contributed by atoms with Crippen molar-refractivity contribution >= 4 is 17.3 Å². The lowest BCUT2D eigenvalue weighted by Crippen LogP contribution is -2.21. The maximum Gasteiger partial charge on any atom is 0.243 e. The van der Waals surface area contributed by atoms with Crippen LogP contribution in [0.15, 0.2) is 48.5 Å². The van der Waals surface area contributed by atoms with Crippen molar-refractivity contribution in [2.24, 2.45) is 0 Å². The van der Waals surface area contributed by atoms with Gasteiger partial charge in [-0.1, -0.05) is 19.1 Å². The van der Waals surface area contributed by atoms with Crippen LogP contribution in [0.5, 0.6) is 11.5 Å².